The maximum absolute atomic E-state index is 11.2. The Morgan fingerprint density at radius 2 is 2.00 bits per heavy atom. The SMILES string of the molecule is O=C1NC2(c3ccc(Br)cc3)CC(C2)O1. The van der Waals surface area contributed by atoms with Crippen molar-refractivity contribution >= 4 is 22.0 Å². The lowest BCUT2D eigenvalue weighted by Crippen LogP contribution is -2.63. The van der Waals surface area contributed by atoms with Gasteiger partial charge in [-0.15, -0.1) is 0 Å². The number of amides is 1. The van der Waals surface area contributed by atoms with Crippen LogP contribution in [0.2, 0.25) is 0 Å². The van der Waals surface area contributed by atoms with Crippen molar-refractivity contribution in [3.63, 3.8) is 0 Å². The molecule has 15 heavy (non-hydrogen) atoms. The van der Waals surface area contributed by atoms with E-state index in [-0.39, 0.29) is 17.7 Å². The highest BCUT2D eigenvalue weighted by Gasteiger charge is 2.52. The average Bonchev–Trinajstić information content (AvgIpc) is 2.16. The van der Waals surface area contributed by atoms with E-state index < -0.39 is 0 Å². The number of nitrogens with one attached hydrogen (secondary N) is 1. The number of hydrogen-bond acceptors (Lipinski definition) is 2. The van der Waals surface area contributed by atoms with Crippen LogP contribution < -0.4 is 5.32 Å². The number of carbonyl (C=O) groups excluding carboxylic acids is 1. The summed E-state index contributed by atoms with van der Waals surface area (Å²) in [4.78, 5) is 11.2. The van der Waals surface area contributed by atoms with Crippen molar-refractivity contribution in [2.45, 2.75) is 24.5 Å². The van der Waals surface area contributed by atoms with Crippen LogP contribution in [0.5, 0.6) is 0 Å². The van der Waals surface area contributed by atoms with Gasteiger partial charge in [-0.3, -0.25) is 0 Å². The Morgan fingerprint density at radius 3 is 2.60 bits per heavy atom. The van der Waals surface area contributed by atoms with Crippen LogP contribution in [0.15, 0.2) is 28.7 Å². The fourth-order valence-corrected chi connectivity index (χ4v) is 2.62. The first-order valence-corrected chi connectivity index (χ1v) is 5.72. The summed E-state index contributed by atoms with van der Waals surface area (Å²) >= 11 is 3.40. The van der Waals surface area contributed by atoms with Crippen LogP contribution >= 0.6 is 15.9 Å². The molecule has 2 bridgehead atoms. The minimum absolute atomic E-state index is 0.113. The number of fused-ring (bicyclic) bond motifs is 2. The maximum Gasteiger partial charge on any atom is 0.408 e. The number of alkyl carbamates (subject to hydrolysis) is 1. The summed E-state index contributed by atoms with van der Waals surface area (Å²) in [5.74, 6) is 0. The van der Waals surface area contributed by atoms with Gasteiger partial charge in [0.25, 0.3) is 0 Å². The molecule has 1 aromatic carbocycles. The molecule has 0 atom stereocenters. The smallest absolute Gasteiger partial charge is 0.408 e. The third-order valence-corrected chi connectivity index (χ3v) is 3.69. The Balaban J connectivity index is 1.93. The minimum atomic E-state index is -0.291. The molecule has 1 N–H and O–H groups in total. The molecule has 4 rings (SSSR count). The van der Waals surface area contributed by atoms with Crippen molar-refractivity contribution in [2.24, 2.45) is 0 Å². The van der Waals surface area contributed by atoms with Crippen molar-refractivity contribution in [1.82, 2.24) is 5.32 Å². The highest BCUT2D eigenvalue weighted by molar-refractivity contribution is 9.10. The van der Waals surface area contributed by atoms with Gasteiger partial charge < -0.3 is 10.1 Å². The largest absolute Gasteiger partial charge is 0.446 e. The lowest BCUT2D eigenvalue weighted by molar-refractivity contribution is -0.0588. The molecule has 2 heterocycles. The van der Waals surface area contributed by atoms with E-state index in [1.807, 2.05) is 24.3 Å². The minimum Gasteiger partial charge on any atom is -0.446 e. The van der Waals surface area contributed by atoms with E-state index >= 15 is 0 Å². The summed E-state index contributed by atoms with van der Waals surface area (Å²) in [5, 5.41) is 2.92. The van der Waals surface area contributed by atoms with Gasteiger partial charge in [0.1, 0.15) is 6.10 Å². The Bertz CT molecular complexity index is 409. The standard InChI is InChI=1S/C11H10BrNO2/c12-8-3-1-7(2-4-8)11-5-9(6-11)15-10(14)13-11/h1-4,9H,5-6H2,(H,13,14). The first kappa shape index (κ1) is 9.21. The van der Waals surface area contributed by atoms with Crippen LogP contribution in [-0.4, -0.2) is 12.2 Å². The maximum atomic E-state index is 11.2. The highest BCUT2D eigenvalue weighted by Crippen LogP contribution is 2.46. The fraction of sp³-hybridized carbons (Fsp3) is 0.364. The molecule has 3 nitrogen and oxygen atoms in total. The number of rotatable bonds is 1. The first-order chi connectivity index (χ1) is 7.18. The van der Waals surface area contributed by atoms with E-state index in [2.05, 4.69) is 21.2 Å². The molecular weight excluding hydrogens is 258 g/mol. The summed E-state index contributed by atoms with van der Waals surface area (Å²) < 4.78 is 6.12. The summed E-state index contributed by atoms with van der Waals surface area (Å²) in [6.45, 7) is 0. The summed E-state index contributed by atoms with van der Waals surface area (Å²) in [5.41, 5.74) is 0.999. The normalized spacial score (nSPS) is 32.6. The molecule has 2 saturated heterocycles. The van der Waals surface area contributed by atoms with E-state index in [4.69, 9.17) is 4.74 Å². The summed E-state index contributed by atoms with van der Waals surface area (Å²) in [6, 6.07) is 8.09. The van der Waals surface area contributed by atoms with E-state index in [1.165, 1.54) is 5.56 Å². The molecule has 4 heteroatoms. The number of carbonyl (C=O) groups is 1. The molecule has 3 fully saturated rings. The van der Waals surface area contributed by atoms with E-state index in [1.54, 1.807) is 0 Å². The second kappa shape index (κ2) is 2.98. The Morgan fingerprint density at radius 1 is 1.33 bits per heavy atom. The zero-order valence-electron chi connectivity index (χ0n) is 8.00. The number of ether oxygens (including phenoxy) is 1. The van der Waals surface area contributed by atoms with Gasteiger partial charge in [-0.2, -0.15) is 0 Å². The van der Waals surface area contributed by atoms with Gasteiger partial charge >= 0.3 is 6.09 Å². The highest BCUT2D eigenvalue weighted by atomic mass is 79.9. The zero-order chi connectivity index (χ0) is 10.5. The zero-order valence-corrected chi connectivity index (χ0v) is 9.58. The van der Waals surface area contributed by atoms with Crippen molar-refractivity contribution < 1.29 is 9.53 Å². The average molecular weight is 268 g/mol. The molecule has 2 aliphatic heterocycles. The van der Waals surface area contributed by atoms with Gasteiger partial charge in [-0.25, -0.2) is 4.79 Å². The molecule has 1 aromatic rings. The van der Waals surface area contributed by atoms with Gasteiger partial charge in [-0.05, 0) is 17.7 Å². The van der Waals surface area contributed by atoms with E-state index in [0.717, 1.165) is 17.3 Å². The first-order valence-electron chi connectivity index (χ1n) is 4.93. The van der Waals surface area contributed by atoms with Crippen LogP contribution in [0.25, 0.3) is 0 Å². The molecular formula is C11H10BrNO2. The van der Waals surface area contributed by atoms with Gasteiger partial charge in [0.05, 0.1) is 5.54 Å². The summed E-state index contributed by atoms with van der Waals surface area (Å²) in [6.07, 6.45) is 1.60. The predicted octanol–water partition coefficient (Wildman–Crippen LogP) is 2.55. The van der Waals surface area contributed by atoms with Crippen LogP contribution in [0.3, 0.4) is 0 Å². The quantitative estimate of drug-likeness (QED) is 0.850. The van der Waals surface area contributed by atoms with Crippen molar-refractivity contribution in [1.29, 1.82) is 0 Å². The lowest BCUT2D eigenvalue weighted by Gasteiger charge is -2.51. The third kappa shape index (κ3) is 1.35. The second-order valence-electron chi connectivity index (χ2n) is 4.15. The second-order valence-corrected chi connectivity index (χ2v) is 5.07. The molecule has 78 valence electrons. The molecule has 0 radical (unpaired) electrons. The molecule has 3 aliphatic rings. The number of benzene rings is 1. The molecule has 0 spiro atoms. The lowest BCUT2D eigenvalue weighted by atomic mass is 9.69. The molecule has 1 aliphatic carbocycles. The van der Waals surface area contributed by atoms with Crippen LogP contribution in [0, 0.1) is 0 Å². The van der Waals surface area contributed by atoms with Crippen LogP contribution in [-0.2, 0) is 10.3 Å². The van der Waals surface area contributed by atoms with Crippen molar-refractivity contribution in [3.05, 3.63) is 34.3 Å². The van der Waals surface area contributed by atoms with Gasteiger partial charge in [0, 0.05) is 17.3 Å². The topological polar surface area (TPSA) is 38.3 Å². The fourth-order valence-electron chi connectivity index (χ4n) is 2.36. The Hall–Kier alpha value is -1.03. The number of halogens is 1. The van der Waals surface area contributed by atoms with Gasteiger partial charge in [-0.1, -0.05) is 28.1 Å². The van der Waals surface area contributed by atoms with E-state index in [0.29, 0.717) is 0 Å². The van der Waals surface area contributed by atoms with Crippen LogP contribution in [0.1, 0.15) is 18.4 Å². The third-order valence-electron chi connectivity index (χ3n) is 3.16. The molecule has 0 aromatic heterocycles. The van der Waals surface area contributed by atoms with Gasteiger partial charge in [0.2, 0.25) is 0 Å². The van der Waals surface area contributed by atoms with E-state index in [9.17, 15) is 4.79 Å². The van der Waals surface area contributed by atoms with Crippen LogP contribution in [0.4, 0.5) is 4.79 Å². The monoisotopic (exact) mass is 267 g/mol. The van der Waals surface area contributed by atoms with Crippen molar-refractivity contribution in [3.8, 4) is 0 Å². The van der Waals surface area contributed by atoms with Crippen molar-refractivity contribution in [2.75, 3.05) is 0 Å². The van der Waals surface area contributed by atoms with Gasteiger partial charge in [0.15, 0.2) is 0 Å². The number of hydrogen-bond donors (Lipinski definition) is 1. The predicted molar refractivity (Wildman–Crippen MR) is 58.5 cm³/mol. The summed E-state index contributed by atoms with van der Waals surface area (Å²) in [7, 11) is 0. The molecule has 1 saturated carbocycles. The Kier molecular flexibility index (Phi) is 1.83. The molecule has 0 unspecified atom stereocenters. The Labute approximate surface area is 95.9 Å². The molecule has 1 amide bonds.